The van der Waals surface area contributed by atoms with Crippen LogP contribution in [0.1, 0.15) is 44.9 Å². The molecule has 0 radical (unpaired) electrons. The third kappa shape index (κ3) is 7.97. The highest BCUT2D eigenvalue weighted by molar-refractivity contribution is 5.81. The molecule has 4 bridgehead atoms. The van der Waals surface area contributed by atoms with Gasteiger partial charge in [-0.2, -0.15) is 0 Å². The number of ether oxygens (including phenoxy) is 7. The van der Waals surface area contributed by atoms with E-state index < -0.39 is 148 Å². The summed E-state index contributed by atoms with van der Waals surface area (Å²) < 4.78 is 40.7. The third-order valence-corrected chi connectivity index (χ3v) is 10.8. The first-order valence-corrected chi connectivity index (χ1v) is 17.1. The predicted molar refractivity (Wildman–Crippen MR) is 157 cm³/mol. The summed E-state index contributed by atoms with van der Waals surface area (Å²) in [5.41, 5.74) is 0. The van der Waals surface area contributed by atoms with Crippen LogP contribution in [-0.2, 0) is 42.7 Å². The third-order valence-electron chi connectivity index (χ3n) is 10.8. The molecule has 10 N–H and O–H groups in total. The van der Waals surface area contributed by atoms with Crippen LogP contribution >= 0.6 is 0 Å². The summed E-state index contributed by atoms with van der Waals surface area (Å²) in [5.74, 6) is -3.44. The summed E-state index contributed by atoms with van der Waals surface area (Å²) in [6.07, 6.45) is -24.9. The van der Waals surface area contributed by atoms with Crippen molar-refractivity contribution in [3.05, 3.63) is 0 Å². The molecule has 4 heterocycles. The van der Waals surface area contributed by atoms with Crippen LogP contribution in [0.3, 0.4) is 0 Å². The molecular formula is C31H48O19. The zero-order valence-corrected chi connectivity index (χ0v) is 27.1. The summed E-state index contributed by atoms with van der Waals surface area (Å²) in [4.78, 5) is 24.9. The molecule has 19 nitrogen and oxygen atoms in total. The fraction of sp³-hybridized carbons (Fsp3) is 0.935. The topological polar surface area (TPSA) is 301 Å². The molecule has 19 heteroatoms. The summed E-state index contributed by atoms with van der Waals surface area (Å²) in [7, 11) is 0. The van der Waals surface area contributed by atoms with Crippen LogP contribution in [-0.4, -0.2) is 186 Å². The maximum atomic E-state index is 12.5. The molecule has 9 unspecified atom stereocenters. The second-order valence-electron chi connectivity index (χ2n) is 14.3. The Hall–Kier alpha value is -1.66. The van der Waals surface area contributed by atoms with E-state index >= 15 is 0 Å². The Labute approximate surface area is 286 Å². The molecule has 0 amide bonds. The van der Waals surface area contributed by atoms with Gasteiger partial charge in [0.25, 0.3) is 0 Å². The van der Waals surface area contributed by atoms with Gasteiger partial charge in [-0.05, 0) is 25.2 Å². The molecule has 0 spiro atoms. The summed E-state index contributed by atoms with van der Waals surface area (Å²) in [6, 6.07) is 0. The minimum absolute atomic E-state index is 0.0472. The van der Waals surface area contributed by atoms with Gasteiger partial charge < -0.3 is 84.2 Å². The highest BCUT2D eigenvalue weighted by atomic mass is 16.7. The number of aliphatic hydroxyl groups is 10. The lowest BCUT2D eigenvalue weighted by molar-refractivity contribution is -0.350. The van der Waals surface area contributed by atoms with Gasteiger partial charge in [0.05, 0.1) is 49.1 Å². The van der Waals surface area contributed by atoms with Crippen molar-refractivity contribution in [1.29, 1.82) is 0 Å². The summed E-state index contributed by atoms with van der Waals surface area (Å²) in [5, 5.41) is 106. The molecule has 2 aliphatic carbocycles. The van der Waals surface area contributed by atoms with E-state index in [-0.39, 0.29) is 31.6 Å². The molecule has 0 aromatic carbocycles. The first-order chi connectivity index (χ1) is 23.7. The van der Waals surface area contributed by atoms with E-state index in [1.54, 1.807) is 0 Å². The van der Waals surface area contributed by atoms with Gasteiger partial charge in [0.1, 0.15) is 62.0 Å². The van der Waals surface area contributed by atoms with Crippen LogP contribution in [0.4, 0.5) is 0 Å². The van der Waals surface area contributed by atoms with Crippen LogP contribution in [0.25, 0.3) is 0 Å². The summed E-state index contributed by atoms with van der Waals surface area (Å²) in [6.45, 7) is -1.40. The Bertz CT molecular complexity index is 1180. The first kappa shape index (κ1) is 38.1. The monoisotopic (exact) mass is 724 g/mol. The van der Waals surface area contributed by atoms with Gasteiger partial charge in [0.15, 0.2) is 18.7 Å². The Morgan fingerprint density at radius 2 is 1.00 bits per heavy atom. The van der Waals surface area contributed by atoms with Crippen LogP contribution in [0.2, 0.25) is 0 Å². The van der Waals surface area contributed by atoms with Gasteiger partial charge in [-0.1, -0.05) is 0 Å². The van der Waals surface area contributed by atoms with Crippen LogP contribution in [0.5, 0.6) is 0 Å². The average Bonchev–Trinajstić information content (AvgIpc) is 3.07. The van der Waals surface area contributed by atoms with Gasteiger partial charge in [-0.15, -0.1) is 0 Å². The molecule has 20 atom stereocenters. The Morgan fingerprint density at radius 1 is 0.480 bits per heavy atom. The van der Waals surface area contributed by atoms with E-state index in [0.29, 0.717) is 12.8 Å². The van der Waals surface area contributed by atoms with Gasteiger partial charge in [0.2, 0.25) is 0 Å². The van der Waals surface area contributed by atoms with E-state index in [1.165, 1.54) is 0 Å². The van der Waals surface area contributed by atoms with Crippen molar-refractivity contribution in [2.45, 2.75) is 155 Å². The van der Waals surface area contributed by atoms with Crippen molar-refractivity contribution in [1.82, 2.24) is 0 Å². The first-order valence-electron chi connectivity index (χ1n) is 17.1. The van der Waals surface area contributed by atoms with E-state index in [4.69, 9.17) is 33.2 Å². The van der Waals surface area contributed by atoms with Crippen LogP contribution < -0.4 is 0 Å². The van der Waals surface area contributed by atoms with Gasteiger partial charge in [-0.3, -0.25) is 4.79 Å². The Morgan fingerprint density at radius 3 is 1.58 bits per heavy atom. The number of rotatable bonds is 1. The Balaban J connectivity index is 1.33. The zero-order valence-electron chi connectivity index (χ0n) is 27.1. The molecule has 6 rings (SSSR count). The molecular weight excluding hydrogens is 676 g/mol. The second-order valence-corrected chi connectivity index (χ2v) is 14.3. The van der Waals surface area contributed by atoms with Crippen LogP contribution in [0, 0.1) is 11.8 Å². The highest BCUT2D eigenvalue weighted by Gasteiger charge is 2.55. The predicted octanol–water partition coefficient (Wildman–Crippen LogP) is -5.33. The fourth-order valence-electron chi connectivity index (χ4n) is 7.99. The van der Waals surface area contributed by atoms with E-state index in [1.807, 2.05) is 0 Å². The molecule has 4 saturated heterocycles. The number of cyclic esters (lactones) is 2. The van der Waals surface area contributed by atoms with E-state index in [2.05, 4.69) is 0 Å². The molecule has 2 saturated carbocycles. The number of hydrogen-bond donors (Lipinski definition) is 10. The summed E-state index contributed by atoms with van der Waals surface area (Å²) >= 11 is 0. The molecule has 6 aliphatic rings. The highest BCUT2D eigenvalue weighted by Crippen LogP contribution is 2.45. The van der Waals surface area contributed by atoms with Crippen molar-refractivity contribution in [2.24, 2.45) is 11.8 Å². The van der Waals surface area contributed by atoms with Crippen molar-refractivity contribution >= 4 is 11.9 Å². The number of esters is 2. The number of hydrogen-bond acceptors (Lipinski definition) is 19. The molecule has 0 aromatic heterocycles. The van der Waals surface area contributed by atoms with Gasteiger partial charge >= 0.3 is 11.9 Å². The quantitative estimate of drug-likeness (QED) is 0.113. The van der Waals surface area contributed by atoms with E-state index in [9.17, 15) is 60.7 Å². The molecule has 0 aromatic rings. The van der Waals surface area contributed by atoms with Gasteiger partial charge in [-0.25, -0.2) is 4.79 Å². The standard InChI is InChI=1S/C31H48O19/c32-11-4-16-22-17(5-11)47-30-27(41)26(40)24(38)20(50-30)9-45-29(43)14(35)6-21(36)44-8-19-23(37)25(39)28(42)31(49-19)48-18(22)7-15(46-16)10-1-2-12(33)13(34)3-10/h10-20,22-28,30-35,37-42H,1-9H2/t10?,11?,12?,13?,14-,15?,16?,17?,18?,19+,20+,22?,23+,24+,25-,26-,27+,28+,30+,31+/m0/s1. The average molecular weight is 725 g/mol. The number of carbonyl (C=O) groups excluding carboxylic acids is 2. The lowest BCUT2D eigenvalue weighted by Crippen LogP contribution is -2.64. The normalized spacial score (nSPS) is 52.7. The van der Waals surface area contributed by atoms with Crippen molar-refractivity contribution in [3.63, 3.8) is 0 Å². The second kappa shape index (κ2) is 15.7. The lowest BCUT2D eigenvalue weighted by atomic mass is 9.72. The largest absolute Gasteiger partial charge is 0.463 e. The Kier molecular flexibility index (Phi) is 12.0. The molecule has 286 valence electrons. The fourth-order valence-corrected chi connectivity index (χ4v) is 7.99. The SMILES string of the molecule is O=C1C[C@H](O)C(=O)OC[C@H]2O[C@@H](OC3CC(O)CC4OC(C5CCC(O)C(O)C5)CC(O[C@@H]5O[C@H](CO1)[C@@H](O)[C@H](O)[C@H]5O)C43)[C@H](O)[C@@H](O)[C@@H]2O. The van der Waals surface area contributed by atoms with Crippen molar-refractivity contribution in [2.75, 3.05) is 13.2 Å². The van der Waals surface area contributed by atoms with Gasteiger partial charge in [0, 0.05) is 25.2 Å². The molecule has 50 heavy (non-hydrogen) atoms. The van der Waals surface area contributed by atoms with Crippen LogP contribution in [0.15, 0.2) is 0 Å². The molecule has 6 fully saturated rings. The maximum absolute atomic E-state index is 12.5. The number of fused-ring (bicyclic) bond motifs is 4. The minimum atomic E-state index is -2.03. The zero-order chi connectivity index (χ0) is 36.0. The smallest absolute Gasteiger partial charge is 0.335 e. The lowest BCUT2D eigenvalue weighted by Gasteiger charge is -2.53. The maximum Gasteiger partial charge on any atom is 0.335 e. The molecule has 4 aliphatic heterocycles. The van der Waals surface area contributed by atoms with Crippen molar-refractivity contribution < 1.29 is 93.8 Å². The number of carbonyl (C=O) groups is 2. The number of aliphatic hydroxyl groups excluding tert-OH is 10. The van der Waals surface area contributed by atoms with Crippen molar-refractivity contribution in [3.8, 4) is 0 Å². The van der Waals surface area contributed by atoms with E-state index in [0.717, 1.165) is 0 Å². The minimum Gasteiger partial charge on any atom is -0.463 e.